The van der Waals surface area contributed by atoms with Crippen LogP contribution in [-0.2, 0) is 13.0 Å². The number of phenols is 1. The number of hydrogen-bond acceptors (Lipinski definition) is 4. The predicted molar refractivity (Wildman–Crippen MR) is 104 cm³/mol. The summed E-state index contributed by atoms with van der Waals surface area (Å²) in [4.78, 5) is 4.57. The van der Waals surface area contributed by atoms with E-state index in [9.17, 15) is 5.11 Å². The molecule has 0 amide bonds. The molecule has 0 saturated carbocycles. The van der Waals surface area contributed by atoms with Crippen molar-refractivity contribution in [3.63, 3.8) is 0 Å². The first-order valence-corrected chi connectivity index (χ1v) is 8.67. The molecule has 0 fully saturated rings. The number of phenolic OH excluding ortho intramolecular Hbond substituents is 1. The molecule has 6 nitrogen and oxygen atoms in total. The minimum atomic E-state index is 0.120. The lowest BCUT2D eigenvalue weighted by molar-refractivity contribution is 0.373. The molecular weight excluding hydrogens is 330 g/mol. The molecule has 3 N–H and O–H groups in total. The van der Waals surface area contributed by atoms with Crippen LogP contribution in [0.5, 0.6) is 17.2 Å². The average molecular weight is 357 g/mol. The fraction of sp³-hybridized carbons (Fsp3) is 0.350. The minimum absolute atomic E-state index is 0.120. The van der Waals surface area contributed by atoms with Crippen LogP contribution < -0.4 is 20.1 Å². The van der Waals surface area contributed by atoms with Gasteiger partial charge in [0.2, 0.25) is 0 Å². The lowest BCUT2D eigenvalue weighted by Gasteiger charge is -2.13. The van der Waals surface area contributed by atoms with E-state index in [1.807, 2.05) is 31.2 Å². The number of aromatic hydroxyl groups is 1. The van der Waals surface area contributed by atoms with Crippen LogP contribution in [0.1, 0.15) is 18.1 Å². The van der Waals surface area contributed by atoms with Gasteiger partial charge in [0.05, 0.1) is 20.8 Å². The monoisotopic (exact) mass is 357 g/mol. The van der Waals surface area contributed by atoms with Gasteiger partial charge in [0, 0.05) is 13.1 Å². The van der Waals surface area contributed by atoms with Crippen LogP contribution in [0.25, 0.3) is 0 Å². The lowest BCUT2D eigenvalue weighted by Crippen LogP contribution is -2.38. The van der Waals surface area contributed by atoms with Crippen LogP contribution in [0, 0.1) is 0 Å². The van der Waals surface area contributed by atoms with Gasteiger partial charge in [-0.1, -0.05) is 24.3 Å². The third-order valence-electron chi connectivity index (χ3n) is 3.89. The molecule has 0 heterocycles. The minimum Gasteiger partial charge on any atom is -0.504 e. The zero-order valence-corrected chi connectivity index (χ0v) is 15.6. The SMILES string of the molecule is CCNC(=NCc1ccc(OC)c(O)c1)NCCc1ccccc1OC. The maximum Gasteiger partial charge on any atom is 0.191 e. The number of aliphatic imine (C=N–C) groups is 1. The summed E-state index contributed by atoms with van der Waals surface area (Å²) in [6.45, 7) is 3.99. The highest BCUT2D eigenvalue weighted by atomic mass is 16.5. The summed E-state index contributed by atoms with van der Waals surface area (Å²) in [5.74, 6) is 2.21. The first kappa shape index (κ1) is 19.4. The molecule has 0 aliphatic rings. The fourth-order valence-electron chi connectivity index (χ4n) is 2.57. The number of guanidine groups is 1. The van der Waals surface area contributed by atoms with E-state index in [2.05, 4.69) is 21.7 Å². The largest absolute Gasteiger partial charge is 0.504 e. The summed E-state index contributed by atoms with van der Waals surface area (Å²) in [7, 11) is 3.21. The Kier molecular flexibility index (Phi) is 7.61. The van der Waals surface area contributed by atoms with Gasteiger partial charge in [-0.05, 0) is 42.7 Å². The smallest absolute Gasteiger partial charge is 0.191 e. The third-order valence-corrected chi connectivity index (χ3v) is 3.89. The summed E-state index contributed by atoms with van der Waals surface area (Å²) in [5, 5.41) is 16.4. The van der Waals surface area contributed by atoms with Gasteiger partial charge in [0.15, 0.2) is 17.5 Å². The van der Waals surface area contributed by atoms with Crippen LogP contribution in [0.3, 0.4) is 0 Å². The zero-order valence-electron chi connectivity index (χ0n) is 15.6. The number of rotatable bonds is 8. The second-order valence-electron chi connectivity index (χ2n) is 5.69. The van der Waals surface area contributed by atoms with E-state index in [1.54, 1.807) is 19.2 Å². The highest BCUT2D eigenvalue weighted by Crippen LogP contribution is 2.26. The molecule has 140 valence electrons. The first-order valence-electron chi connectivity index (χ1n) is 8.67. The molecule has 2 aromatic carbocycles. The molecule has 0 aliphatic heterocycles. The summed E-state index contributed by atoms with van der Waals surface area (Å²) < 4.78 is 10.4. The molecule has 0 unspecified atom stereocenters. The number of para-hydroxylation sites is 1. The lowest BCUT2D eigenvalue weighted by atomic mass is 10.1. The van der Waals surface area contributed by atoms with Gasteiger partial charge in [-0.15, -0.1) is 0 Å². The van der Waals surface area contributed by atoms with Crippen molar-refractivity contribution >= 4 is 5.96 Å². The molecule has 0 aromatic heterocycles. The molecule has 6 heteroatoms. The van der Waals surface area contributed by atoms with Crippen molar-refractivity contribution in [3.05, 3.63) is 53.6 Å². The Morgan fingerprint density at radius 1 is 1.04 bits per heavy atom. The van der Waals surface area contributed by atoms with Gasteiger partial charge < -0.3 is 25.2 Å². The van der Waals surface area contributed by atoms with Gasteiger partial charge in [-0.3, -0.25) is 0 Å². The summed E-state index contributed by atoms with van der Waals surface area (Å²) in [6, 6.07) is 13.3. The van der Waals surface area contributed by atoms with Gasteiger partial charge >= 0.3 is 0 Å². The highest BCUT2D eigenvalue weighted by molar-refractivity contribution is 5.79. The van der Waals surface area contributed by atoms with Gasteiger partial charge in [0.1, 0.15) is 5.75 Å². The van der Waals surface area contributed by atoms with Crippen LogP contribution in [0.2, 0.25) is 0 Å². The van der Waals surface area contributed by atoms with Gasteiger partial charge in [-0.2, -0.15) is 0 Å². The van der Waals surface area contributed by atoms with Crippen molar-refractivity contribution in [3.8, 4) is 17.2 Å². The van der Waals surface area contributed by atoms with Crippen molar-refractivity contribution in [2.45, 2.75) is 19.9 Å². The Morgan fingerprint density at radius 3 is 2.50 bits per heavy atom. The fourth-order valence-corrected chi connectivity index (χ4v) is 2.57. The Balaban J connectivity index is 1.95. The Labute approximate surface area is 154 Å². The molecule has 0 bridgehead atoms. The standard InChI is InChI=1S/C20H27N3O3/c1-4-21-20(22-12-11-16-7-5-6-8-18(16)25-2)23-14-15-9-10-19(26-3)17(24)13-15/h5-10,13,24H,4,11-12,14H2,1-3H3,(H2,21,22,23). The number of nitrogens with one attached hydrogen (secondary N) is 2. The number of ether oxygens (including phenoxy) is 2. The summed E-state index contributed by atoms with van der Waals surface area (Å²) in [5.41, 5.74) is 2.06. The summed E-state index contributed by atoms with van der Waals surface area (Å²) >= 11 is 0. The van der Waals surface area contributed by atoms with Crippen molar-refractivity contribution in [2.75, 3.05) is 27.3 Å². The van der Waals surface area contributed by atoms with Crippen molar-refractivity contribution in [2.24, 2.45) is 4.99 Å². The van der Waals surface area contributed by atoms with E-state index < -0.39 is 0 Å². The van der Waals surface area contributed by atoms with E-state index in [1.165, 1.54) is 7.11 Å². The molecule has 2 rings (SSSR count). The molecule has 0 saturated heterocycles. The molecule has 0 aliphatic carbocycles. The van der Waals surface area contributed by atoms with E-state index in [4.69, 9.17) is 9.47 Å². The number of methoxy groups -OCH3 is 2. The molecule has 0 spiro atoms. The second kappa shape index (κ2) is 10.2. The van der Waals surface area contributed by atoms with Gasteiger partial charge in [0.25, 0.3) is 0 Å². The molecule has 26 heavy (non-hydrogen) atoms. The zero-order chi connectivity index (χ0) is 18.8. The second-order valence-corrected chi connectivity index (χ2v) is 5.69. The third kappa shape index (κ3) is 5.58. The van der Waals surface area contributed by atoms with E-state index >= 15 is 0 Å². The topological polar surface area (TPSA) is 75.1 Å². The van der Waals surface area contributed by atoms with Crippen LogP contribution in [0.4, 0.5) is 0 Å². The quantitative estimate of drug-likeness (QED) is 0.500. The Hall–Kier alpha value is -2.89. The van der Waals surface area contributed by atoms with Crippen LogP contribution >= 0.6 is 0 Å². The van der Waals surface area contributed by atoms with E-state index in [0.29, 0.717) is 12.3 Å². The first-order chi connectivity index (χ1) is 12.7. The molecule has 0 atom stereocenters. The van der Waals surface area contributed by atoms with Crippen molar-refractivity contribution in [1.82, 2.24) is 10.6 Å². The molecule has 2 aromatic rings. The van der Waals surface area contributed by atoms with Crippen molar-refractivity contribution in [1.29, 1.82) is 0 Å². The average Bonchev–Trinajstić information content (AvgIpc) is 2.66. The number of nitrogens with zero attached hydrogens (tertiary/aromatic N) is 1. The van der Waals surface area contributed by atoms with Crippen molar-refractivity contribution < 1.29 is 14.6 Å². The number of hydrogen-bond donors (Lipinski definition) is 3. The van der Waals surface area contributed by atoms with Crippen LogP contribution in [0.15, 0.2) is 47.5 Å². The normalized spacial score (nSPS) is 11.1. The van der Waals surface area contributed by atoms with E-state index in [0.717, 1.165) is 42.3 Å². The predicted octanol–water partition coefficient (Wildman–Crippen LogP) is 2.71. The van der Waals surface area contributed by atoms with Gasteiger partial charge in [-0.25, -0.2) is 4.99 Å². The highest BCUT2D eigenvalue weighted by Gasteiger charge is 2.04. The number of benzene rings is 2. The summed E-state index contributed by atoms with van der Waals surface area (Å²) in [6.07, 6.45) is 0.831. The molecule has 0 radical (unpaired) electrons. The Morgan fingerprint density at radius 2 is 1.81 bits per heavy atom. The maximum absolute atomic E-state index is 9.86. The van der Waals surface area contributed by atoms with E-state index in [-0.39, 0.29) is 5.75 Å². The molecular formula is C20H27N3O3. The maximum atomic E-state index is 9.86. The Bertz CT molecular complexity index is 732. The van der Waals surface area contributed by atoms with Crippen LogP contribution in [-0.4, -0.2) is 38.4 Å².